The number of cyclic esters (lactones) is 2. The Morgan fingerprint density at radius 2 is 1.96 bits per heavy atom. The molecule has 2 aromatic heterocycles. The number of hydrogen-bond acceptors (Lipinski definition) is 8. The van der Waals surface area contributed by atoms with E-state index in [1.54, 1.807) is 17.1 Å². The van der Waals surface area contributed by atoms with Crippen molar-refractivity contribution in [1.82, 2.24) is 19.5 Å². The first-order chi connectivity index (χ1) is 10.4. The molecule has 0 saturated carbocycles. The Morgan fingerprint density at radius 3 is 2.61 bits per heavy atom. The minimum atomic E-state index is -1.21. The van der Waals surface area contributed by atoms with E-state index in [-0.39, 0.29) is 65.2 Å². The second-order valence-electron chi connectivity index (χ2n) is 5.46. The Bertz CT molecular complexity index is 746. The van der Waals surface area contributed by atoms with Crippen molar-refractivity contribution in [3.8, 4) is 0 Å². The van der Waals surface area contributed by atoms with E-state index in [2.05, 4.69) is 15.0 Å². The van der Waals surface area contributed by atoms with E-state index in [9.17, 15) is 9.59 Å². The maximum Gasteiger partial charge on any atom is 1.00 e. The number of anilines is 1. The van der Waals surface area contributed by atoms with Crippen molar-refractivity contribution >= 4 is 29.1 Å². The number of fused-ring (bicyclic) bond motifs is 1. The monoisotopic (exact) mass is 345 g/mol. The van der Waals surface area contributed by atoms with Crippen molar-refractivity contribution in [2.45, 2.75) is 32.6 Å². The molecule has 1 fully saturated rings. The van der Waals surface area contributed by atoms with Crippen LogP contribution in [0.1, 0.15) is 21.7 Å². The second kappa shape index (κ2) is 6.81. The Labute approximate surface area is 175 Å². The van der Waals surface area contributed by atoms with Gasteiger partial charge >= 0.3 is 63.3 Å². The smallest absolute Gasteiger partial charge is 1.00 e. The number of aromatic nitrogens is 4. The van der Waals surface area contributed by atoms with E-state index in [1.807, 2.05) is 0 Å². The average molecular weight is 345 g/mol. The zero-order valence-corrected chi connectivity index (χ0v) is 16.3. The zero-order chi connectivity index (χ0) is 15.9. The van der Waals surface area contributed by atoms with Gasteiger partial charge in [-0.3, -0.25) is 9.59 Å². The first-order valence-corrected chi connectivity index (χ1v) is 6.75. The number of hydrogen-bond donors (Lipinski definition) is 1. The van der Waals surface area contributed by atoms with Crippen LogP contribution in [0.2, 0.25) is 0 Å². The van der Waals surface area contributed by atoms with Crippen molar-refractivity contribution < 1.29 is 71.9 Å². The van der Waals surface area contributed by atoms with E-state index in [1.165, 1.54) is 13.8 Å². The Balaban J connectivity index is 0.00000144. The molecule has 1 saturated heterocycles. The van der Waals surface area contributed by atoms with Crippen LogP contribution in [0.3, 0.4) is 0 Å². The molecule has 0 radical (unpaired) electrons. The molecule has 1 aliphatic heterocycles. The van der Waals surface area contributed by atoms with Crippen LogP contribution in [0.4, 0.5) is 5.95 Å². The fraction of sp³-hybridized carbons (Fsp3) is 0.462. The normalized spacial score (nSPS) is 17.5. The van der Waals surface area contributed by atoms with Gasteiger partial charge in [0.1, 0.15) is 5.52 Å². The molecule has 0 aliphatic carbocycles. The van der Waals surface area contributed by atoms with Gasteiger partial charge in [-0.05, 0) is 6.42 Å². The third kappa shape index (κ3) is 3.88. The van der Waals surface area contributed by atoms with Crippen molar-refractivity contribution in [3.63, 3.8) is 0 Å². The molecule has 0 amide bonds. The molecule has 0 bridgehead atoms. The zero-order valence-electron chi connectivity index (χ0n) is 14.1. The number of nitrogen functional groups attached to an aromatic ring is 1. The summed E-state index contributed by atoms with van der Waals surface area (Å²) in [6.45, 7) is 3.41. The molecular weight excluding hydrogens is 329 g/mol. The Hall–Kier alpha value is -1.07. The van der Waals surface area contributed by atoms with E-state index >= 15 is 0 Å². The van der Waals surface area contributed by atoms with Gasteiger partial charge in [-0.15, -0.1) is 0 Å². The standard InChI is InChI=1S/C13H15N5O4.K.H/c1-13(2)21-10(19)7(11(20)22-13)3-4-18-6-16-9-8(18)5-15-12(14)17-9;;/h5-7H,3-4H2,1-2H3,(H2,14,15,17);;/q;+1;-1. The number of nitrogens with zero attached hydrogens (tertiary/aromatic N) is 4. The van der Waals surface area contributed by atoms with Crippen LogP contribution in [0.15, 0.2) is 12.5 Å². The van der Waals surface area contributed by atoms with Crippen LogP contribution in [0.5, 0.6) is 0 Å². The van der Waals surface area contributed by atoms with Gasteiger partial charge in [0.25, 0.3) is 5.79 Å². The average Bonchev–Trinajstić information content (AvgIpc) is 2.78. The topological polar surface area (TPSA) is 122 Å². The molecule has 2 aromatic rings. The second-order valence-corrected chi connectivity index (χ2v) is 5.46. The Kier molecular flexibility index (Phi) is 5.41. The van der Waals surface area contributed by atoms with E-state index in [0.29, 0.717) is 17.7 Å². The maximum absolute atomic E-state index is 11.9. The van der Waals surface area contributed by atoms with Gasteiger partial charge in [0.15, 0.2) is 11.6 Å². The van der Waals surface area contributed by atoms with Crippen molar-refractivity contribution in [2.24, 2.45) is 5.92 Å². The predicted octanol–water partition coefficient (Wildman–Crippen LogP) is -2.63. The minimum Gasteiger partial charge on any atom is -1.00 e. The minimum absolute atomic E-state index is 0. The molecule has 118 valence electrons. The summed E-state index contributed by atoms with van der Waals surface area (Å²) < 4.78 is 11.9. The summed E-state index contributed by atoms with van der Waals surface area (Å²) in [6.07, 6.45) is 3.34. The van der Waals surface area contributed by atoms with E-state index in [4.69, 9.17) is 15.2 Å². The van der Waals surface area contributed by atoms with Crippen molar-refractivity contribution in [2.75, 3.05) is 5.73 Å². The number of esters is 2. The maximum atomic E-state index is 11.9. The molecule has 0 aromatic carbocycles. The summed E-state index contributed by atoms with van der Waals surface area (Å²) in [6, 6.07) is 0. The quantitative estimate of drug-likeness (QED) is 0.364. The van der Waals surface area contributed by atoms with E-state index in [0.717, 1.165) is 0 Å². The molecule has 2 N–H and O–H groups in total. The van der Waals surface area contributed by atoms with Gasteiger partial charge < -0.3 is 21.2 Å². The number of rotatable bonds is 3. The SMILES string of the molecule is CC1(C)OC(=O)C(CCn2cnc3nc(N)ncc32)C(=O)O1.[H-].[K+]. The Morgan fingerprint density at radius 1 is 1.30 bits per heavy atom. The molecule has 9 nitrogen and oxygen atoms in total. The molecule has 10 heteroatoms. The molecular formula is C13H16KN5O4. The van der Waals surface area contributed by atoms with Crippen LogP contribution in [-0.4, -0.2) is 37.2 Å². The summed E-state index contributed by atoms with van der Waals surface area (Å²) in [5, 5.41) is 0. The van der Waals surface area contributed by atoms with Crippen molar-refractivity contribution in [1.29, 1.82) is 0 Å². The summed E-state index contributed by atoms with van der Waals surface area (Å²) in [7, 11) is 0. The van der Waals surface area contributed by atoms with Crippen LogP contribution >= 0.6 is 0 Å². The van der Waals surface area contributed by atoms with Crippen LogP contribution in [0.25, 0.3) is 11.2 Å². The van der Waals surface area contributed by atoms with Crippen LogP contribution in [-0.2, 0) is 25.6 Å². The van der Waals surface area contributed by atoms with Gasteiger partial charge in [0, 0.05) is 20.4 Å². The van der Waals surface area contributed by atoms with Crippen molar-refractivity contribution in [3.05, 3.63) is 12.5 Å². The van der Waals surface area contributed by atoms with Gasteiger partial charge in [-0.1, -0.05) is 0 Å². The van der Waals surface area contributed by atoms with Crippen LogP contribution < -0.4 is 57.1 Å². The molecule has 1 aliphatic rings. The van der Waals surface area contributed by atoms with Crippen LogP contribution in [0, 0.1) is 5.92 Å². The van der Waals surface area contributed by atoms with E-state index < -0.39 is 23.6 Å². The first kappa shape index (κ1) is 18.3. The first-order valence-electron chi connectivity index (χ1n) is 6.75. The van der Waals surface area contributed by atoms with Gasteiger partial charge in [0.2, 0.25) is 5.95 Å². The number of aryl methyl sites for hydroxylation is 1. The summed E-state index contributed by atoms with van der Waals surface area (Å²) in [5.41, 5.74) is 6.63. The third-order valence-electron chi connectivity index (χ3n) is 3.32. The number of ether oxygens (including phenoxy) is 2. The fourth-order valence-corrected chi connectivity index (χ4v) is 2.29. The summed E-state index contributed by atoms with van der Waals surface area (Å²) >= 11 is 0. The third-order valence-corrected chi connectivity index (χ3v) is 3.32. The molecule has 23 heavy (non-hydrogen) atoms. The molecule has 0 atom stereocenters. The number of nitrogens with two attached hydrogens (primary N) is 1. The largest absolute Gasteiger partial charge is 1.00 e. The summed E-state index contributed by atoms with van der Waals surface area (Å²) in [5.74, 6) is -3.17. The molecule has 3 rings (SSSR count). The van der Waals surface area contributed by atoms with Gasteiger partial charge in [-0.2, -0.15) is 4.98 Å². The van der Waals surface area contributed by atoms with Gasteiger partial charge in [-0.25, -0.2) is 9.97 Å². The number of carbonyl (C=O) groups excluding carboxylic acids is 2. The molecule has 3 heterocycles. The fourth-order valence-electron chi connectivity index (χ4n) is 2.29. The number of carbonyl (C=O) groups is 2. The predicted molar refractivity (Wildman–Crippen MR) is 75.2 cm³/mol. The molecule has 0 unspecified atom stereocenters. The van der Waals surface area contributed by atoms with Gasteiger partial charge in [0.05, 0.1) is 12.5 Å². The molecule has 0 spiro atoms. The number of imidazole rings is 1. The summed E-state index contributed by atoms with van der Waals surface area (Å²) in [4.78, 5) is 35.8.